The van der Waals surface area contributed by atoms with Crippen LogP contribution < -0.4 is 10.9 Å². The number of amides is 1. The Morgan fingerprint density at radius 3 is 2.89 bits per heavy atom. The molecule has 28 heavy (non-hydrogen) atoms. The van der Waals surface area contributed by atoms with Gasteiger partial charge in [-0.25, -0.2) is 9.78 Å². The van der Waals surface area contributed by atoms with Crippen LogP contribution in [-0.2, 0) is 16.0 Å². The van der Waals surface area contributed by atoms with Gasteiger partial charge in [0.15, 0.2) is 11.2 Å². The molecule has 1 saturated heterocycles. The molecule has 0 bridgehead atoms. The van der Waals surface area contributed by atoms with E-state index in [0.717, 1.165) is 0 Å². The Morgan fingerprint density at radius 2 is 2.25 bits per heavy atom. The van der Waals surface area contributed by atoms with Gasteiger partial charge in [0.2, 0.25) is 5.95 Å². The number of nitrogens with zero attached hydrogens (tertiary/aromatic N) is 4. The molecule has 11 heteroatoms. The highest BCUT2D eigenvalue weighted by molar-refractivity contribution is 5.84. The van der Waals surface area contributed by atoms with Gasteiger partial charge in [0.05, 0.1) is 19.0 Å². The normalized spacial score (nSPS) is 21.6. The van der Waals surface area contributed by atoms with E-state index in [2.05, 4.69) is 28.4 Å². The van der Waals surface area contributed by atoms with Gasteiger partial charge in [-0.15, -0.1) is 6.58 Å². The quantitative estimate of drug-likeness (QED) is 0.567. The Morgan fingerprint density at radius 1 is 1.46 bits per heavy atom. The van der Waals surface area contributed by atoms with Crippen molar-refractivity contribution in [3.8, 4) is 0 Å². The number of ether oxygens (including phenoxy) is 2. The highest BCUT2D eigenvalue weighted by atomic mass is 16.5. The second-order valence-corrected chi connectivity index (χ2v) is 6.09. The first kappa shape index (κ1) is 19.7. The van der Waals surface area contributed by atoms with Gasteiger partial charge >= 0.3 is 6.09 Å². The van der Waals surface area contributed by atoms with E-state index >= 15 is 0 Å². The van der Waals surface area contributed by atoms with E-state index in [9.17, 15) is 19.8 Å². The molecule has 0 saturated carbocycles. The Bertz CT molecular complexity index is 951. The molecular formula is C17H21N5O6. The maximum atomic E-state index is 12.8. The average molecular weight is 391 g/mol. The molecule has 2 aromatic rings. The molecule has 1 amide bonds. The van der Waals surface area contributed by atoms with Crippen molar-refractivity contribution in [2.75, 3.05) is 18.5 Å². The van der Waals surface area contributed by atoms with E-state index in [4.69, 9.17) is 9.47 Å². The SMILES string of the molecule is C=CCOC(=O)Nc1nc2c(ncn2[C@H]2C[C@H](O)[C@@H](CO)O2)c(=O)n1CC=C. The number of hydrogen-bond donors (Lipinski definition) is 3. The molecule has 0 spiro atoms. The van der Waals surface area contributed by atoms with Gasteiger partial charge in [0, 0.05) is 13.0 Å². The molecule has 1 fully saturated rings. The van der Waals surface area contributed by atoms with E-state index < -0.39 is 30.1 Å². The first-order chi connectivity index (χ1) is 13.5. The van der Waals surface area contributed by atoms with E-state index in [1.807, 2.05) is 0 Å². The van der Waals surface area contributed by atoms with Crippen LogP contribution >= 0.6 is 0 Å². The number of hydrogen-bond acceptors (Lipinski definition) is 8. The van der Waals surface area contributed by atoms with Crippen molar-refractivity contribution < 1.29 is 24.5 Å². The van der Waals surface area contributed by atoms with Crippen LogP contribution in [0.4, 0.5) is 10.7 Å². The van der Waals surface area contributed by atoms with Gasteiger partial charge in [-0.1, -0.05) is 18.7 Å². The third-order valence-corrected chi connectivity index (χ3v) is 4.23. The lowest BCUT2D eigenvalue weighted by atomic mass is 10.2. The third-order valence-electron chi connectivity index (χ3n) is 4.23. The Kier molecular flexibility index (Phi) is 5.87. The van der Waals surface area contributed by atoms with Gasteiger partial charge < -0.3 is 19.7 Å². The molecule has 0 radical (unpaired) electrons. The molecule has 3 heterocycles. The average Bonchev–Trinajstić information content (AvgIpc) is 3.26. The Hall–Kier alpha value is -3.02. The summed E-state index contributed by atoms with van der Waals surface area (Å²) in [5.41, 5.74) is -0.252. The first-order valence-corrected chi connectivity index (χ1v) is 8.57. The number of imidazole rings is 1. The molecular weight excluding hydrogens is 370 g/mol. The van der Waals surface area contributed by atoms with Gasteiger partial charge in [-0.05, 0) is 0 Å². The molecule has 11 nitrogen and oxygen atoms in total. The number of aromatic nitrogens is 4. The van der Waals surface area contributed by atoms with Crippen LogP contribution in [0.25, 0.3) is 11.2 Å². The molecule has 0 unspecified atom stereocenters. The van der Waals surface area contributed by atoms with Gasteiger partial charge in [-0.3, -0.25) is 19.2 Å². The number of allylic oxidation sites excluding steroid dienone is 1. The zero-order chi connectivity index (χ0) is 20.3. The van der Waals surface area contributed by atoms with E-state index in [-0.39, 0.29) is 43.3 Å². The Labute approximate surface area is 159 Å². The maximum Gasteiger partial charge on any atom is 0.414 e. The minimum Gasteiger partial charge on any atom is -0.445 e. The molecule has 0 aliphatic carbocycles. The third kappa shape index (κ3) is 3.67. The van der Waals surface area contributed by atoms with Crippen LogP contribution in [0.1, 0.15) is 12.6 Å². The van der Waals surface area contributed by atoms with Crippen molar-refractivity contribution in [1.29, 1.82) is 0 Å². The minimum atomic E-state index is -0.861. The van der Waals surface area contributed by atoms with Crippen molar-refractivity contribution in [3.05, 3.63) is 42.0 Å². The lowest BCUT2D eigenvalue weighted by Gasteiger charge is -2.15. The number of anilines is 1. The summed E-state index contributed by atoms with van der Waals surface area (Å²) in [5.74, 6) is -0.0505. The van der Waals surface area contributed by atoms with Gasteiger partial charge in [0.25, 0.3) is 5.56 Å². The molecule has 2 aromatic heterocycles. The van der Waals surface area contributed by atoms with Gasteiger partial charge in [-0.2, -0.15) is 4.98 Å². The zero-order valence-electron chi connectivity index (χ0n) is 15.0. The largest absolute Gasteiger partial charge is 0.445 e. The second-order valence-electron chi connectivity index (χ2n) is 6.09. The second kappa shape index (κ2) is 8.33. The molecule has 3 rings (SSSR count). The van der Waals surface area contributed by atoms with Crippen LogP contribution in [0.5, 0.6) is 0 Å². The van der Waals surface area contributed by atoms with Crippen LogP contribution in [0.2, 0.25) is 0 Å². The number of fused-ring (bicyclic) bond motifs is 1. The number of aliphatic hydroxyl groups excluding tert-OH is 2. The summed E-state index contributed by atoms with van der Waals surface area (Å²) in [5, 5.41) is 21.6. The van der Waals surface area contributed by atoms with E-state index in [1.54, 1.807) is 0 Å². The summed E-state index contributed by atoms with van der Waals surface area (Å²) in [4.78, 5) is 33.2. The summed E-state index contributed by atoms with van der Waals surface area (Å²) in [6.07, 6.45) is 1.38. The standard InChI is InChI=1S/C17H21N5O6/c1-3-5-21-15(25)13-14(19-16(21)20-17(26)27-6-4-2)22(9-18-13)12-7-10(24)11(8-23)28-12/h3-4,9-12,23-24H,1-2,5-8H2,(H,19,20,26)/t10-,11+,12+/m0/s1. The predicted molar refractivity (Wildman–Crippen MR) is 98.8 cm³/mol. The predicted octanol–water partition coefficient (Wildman–Crippen LogP) is 0.154. The summed E-state index contributed by atoms with van der Waals surface area (Å²) in [6.45, 7) is 6.80. The van der Waals surface area contributed by atoms with Crippen molar-refractivity contribution in [3.63, 3.8) is 0 Å². The fourth-order valence-electron chi connectivity index (χ4n) is 2.92. The van der Waals surface area contributed by atoms with Crippen LogP contribution in [0.15, 0.2) is 36.4 Å². The number of aliphatic hydroxyl groups is 2. The number of carbonyl (C=O) groups excluding carboxylic acids is 1. The monoisotopic (exact) mass is 391 g/mol. The number of rotatable bonds is 7. The Balaban J connectivity index is 2.03. The zero-order valence-corrected chi connectivity index (χ0v) is 15.0. The van der Waals surface area contributed by atoms with E-state index in [0.29, 0.717) is 0 Å². The maximum absolute atomic E-state index is 12.8. The molecule has 1 aliphatic rings. The lowest BCUT2D eigenvalue weighted by molar-refractivity contribution is -0.0432. The van der Waals surface area contributed by atoms with Crippen molar-refractivity contribution in [2.24, 2.45) is 0 Å². The summed E-state index contributed by atoms with van der Waals surface area (Å²) >= 11 is 0. The lowest BCUT2D eigenvalue weighted by Crippen LogP contribution is -2.28. The minimum absolute atomic E-state index is 0.00590. The highest BCUT2D eigenvalue weighted by Gasteiger charge is 2.35. The van der Waals surface area contributed by atoms with Crippen molar-refractivity contribution in [1.82, 2.24) is 19.1 Å². The van der Waals surface area contributed by atoms with Crippen molar-refractivity contribution >= 4 is 23.2 Å². The highest BCUT2D eigenvalue weighted by Crippen LogP contribution is 2.30. The fourth-order valence-corrected chi connectivity index (χ4v) is 2.92. The first-order valence-electron chi connectivity index (χ1n) is 8.57. The summed E-state index contributed by atoms with van der Waals surface area (Å²) in [6, 6.07) is 0. The smallest absolute Gasteiger partial charge is 0.414 e. The van der Waals surface area contributed by atoms with Crippen LogP contribution in [-0.4, -0.2) is 60.8 Å². The molecule has 3 atom stereocenters. The van der Waals surface area contributed by atoms with Crippen LogP contribution in [0, 0.1) is 0 Å². The summed E-state index contributed by atoms with van der Waals surface area (Å²) in [7, 11) is 0. The van der Waals surface area contributed by atoms with Crippen molar-refractivity contribution in [2.45, 2.75) is 31.4 Å². The fraction of sp³-hybridized carbons (Fsp3) is 0.412. The molecule has 1 aliphatic heterocycles. The topological polar surface area (TPSA) is 141 Å². The number of carbonyl (C=O) groups is 1. The molecule has 0 aromatic carbocycles. The molecule has 150 valence electrons. The number of nitrogens with one attached hydrogen (secondary N) is 1. The molecule has 3 N–H and O–H groups in total. The van der Waals surface area contributed by atoms with E-state index in [1.165, 1.54) is 27.6 Å². The van der Waals surface area contributed by atoms with Gasteiger partial charge in [0.1, 0.15) is 18.9 Å². The van der Waals surface area contributed by atoms with Crippen LogP contribution in [0.3, 0.4) is 0 Å². The summed E-state index contributed by atoms with van der Waals surface area (Å²) < 4.78 is 13.2.